The number of hydrogen-bond acceptors (Lipinski definition) is 1. The Morgan fingerprint density at radius 2 is 1.79 bits per heavy atom. The maximum absolute atomic E-state index is 5.77. The first-order valence-electron chi connectivity index (χ1n) is 5.66. The molecule has 1 atom stereocenters. The topological polar surface area (TPSA) is 12.0 Å². The summed E-state index contributed by atoms with van der Waals surface area (Å²) in [5, 5.41) is 3.59. The predicted molar refractivity (Wildman–Crippen MR) is 66.0 cm³/mol. The van der Waals surface area contributed by atoms with Crippen LogP contribution in [0.25, 0.3) is 0 Å². The maximum atomic E-state index is 5.77. The summed E-state index contributed by atoms with van der Waals surface area (Å²) < 4.78 is 0. The van der Waals surface area contributed by atoms with Crippen molar-refractivity contribution in [2.75, 3.05) is 12.4 Å². The Hall–Kier alpha value is 0.250. The highest BCUT2D eigenvalue weighted by molar-refractivity contribution is 6.17. The standard InChI is InChI=1S/C12H26ClN/c1-10(2)11(6-8-13)14-9-7-12(3,4)5/h10-11,14H,6-9H2,1-5H3. The lowest BCUT2D eigenvalue weighted by molar-refractivity contribution is 0.326. The SMILES string of the molecule is CC(C)C(CCCl)NCCC(C)(C)C. The normalized spacial score (nSPS) is 14.8. The first-order chi connectivity index (χ1) is 6.37. The van der Waals surface area contributed by atoms with Crippen molar-refractivity contribution in [1.29, 1.82) is 0 Å². The van der Waals surface area contributed by atoms with Gasteiger partial charge in [0.2, 0.25) is 0 Å². The summed E-state index contributed by atoms with van der Waals surface area (Å²) >= 11 is 5.77. The van der Waals surface area contributed by atoms with Crippen LogP contribution in [0.5, 0.6) is 0 Å². The van der Waals surface area contributed by atoms with Gasteiger partial charge in [0.05, 0.1) is 0 Å². The van der Waals surface area contributed by atoms with Crippen LogP contribution in [-0.2, 0) is 0 Å². The van der Waals surface area contributed by atoms with Crippen LogP contribution in [0, 0.1) is 11.3 Å². The Kier molecular flexibility index (Phi) is 6.80. The van der Waals surface area contributed by atoms with Gasteiger partial charge >= 0.3 is 0 Å². The van der Waals surface area contributed by atoms with E-state index in [1.54, 1.807) is 0 Å². The molecule has 0 bridgehead atoms. The molecule has 0 saturated carbocycles. The summed E-state index contributed by atoms with van der Waals surface area (Å²) in [4.78, 5) is 0. The van der Waals surface area contributed by atoms with Crippen molar-refractivity contribution in [3.8, 4) is 0 Å². The molecule has 0 aromatic rings. The third-order valence-electron chi connectivity index (χ3n) is 2.51. The summed E-state index contributed by atoms with van der Waals surface area (Å²) in [5.74, 6) is 1.43. The zero-order valence-electron chi connectivity index (χ0n) is 10.4. The van der Waals surface area contributed by atoms with Crippen molar-refractivity contribution in [1.82, 2.24) is 5.32 Å². The van der Waals surface area contributed by atoms with Gasteiger partial charge in [-0.15, -0.1) is 11.6 Å². The molecule has 0 aliphatic heterocycles. The molecule has 1 N–H and O–H groups in total. The van der Waals surface area contributed by atoms with Crippen molar-refractivity contribution >= 4 is 11.6 Å². The largest absolute Gasteiger partial charge is 0.314 e. The third kappa shape index (κ3) is 7.64. The molecule has 0 amide bonds. The van der Waals surface area contributed by atoms with Gasteiger partial charge in [-0.1, -0.05) is 34.6 Å². The highest BCUT2D eigenvalue weighted by Crippen LogP contribution is 2.17. The van der Waals surface area contributed by atoms with Gasteiger partial charge in [0.25, 0.3) is 0 Å². The minimum atomic E-state index is 0.426. The molecule has 0 aromatic heterocycles. The first-order valence-corrected chi connectivity index (χ1v) is 6.19. The number of halogens is 1. The molecule has 0 aliphatic carbocycles. The van der Waals surface area contributed by atoms with Crippen molar-refractivity contribution in [3.63, 3.8) is 0 Å². The molecule has 0 saturated heterocycles. The van der Waals surface area contributed by atoms with E-state index in [1.807, 2.05) is 0 Å². The van der Waals surface area contributed by atoms with E-state index < -0.39 is 0 Å². The zero-order valence-corrected chi connectivity index (χ0v) is 11.1. The summed E-state index contributed by atoms with van der Waals surface area (Å²) in [7, 11) is 0. The van der Waals surface area contributed by atoms with Crippen LogP contribution in [0.1, 0.15) is 47.5 Å². The molecule has 0 heterocycles. The number of nitrogens with one attached hydrogen (secondary N) is 1. The van der Waals surface area contributed by atoms with E-state index in [0.29, 0.717) is 17.4 Å². The molecule has 0 radical (unpaired) electrons. The molecule has 1 nitrogen and oxygen atoms in total. The Labute approximate surface area is 94.6 Å². The van der Waals surface area contributed by atoms with Gasteiger partial charge in [-0.2, -0.15) is 0 Å². The number of hydrogen-bond donors (Lipinski definition) is 1. The van der Waals surface area contributed by atoms with Crippen LogP contribution < -0.4 is 5.32 Å². The molecule has 0 fully saturated rings. The van der Waals surface area contributed by atoms with Gasteiger partial charge in [0, 0.05) is 11.9 Å². The molecule has 0 spiro atoms. The van der Waals surface area contributed by atoms with E-state index in [-0.39, 0.29) is 0 Å². The van der Waals surface area contributed by atoms with E-state index in [4.69, 9.17) is 11.6 Å². The minimum Gasteiger partial charge on any atom is -0.314 e. The summed E-state index contributed by atoms with van der Waals surface area (Å²) in [6, 6.07) is 0.579. The molecule has 2 heteroatoms. The average Bonchev–Trinajstić information content (AvgIpc) is 2.00. The Balaban J connectivity index is 3.72. The van der Waals surface area contributed by atoms with E-state index >= 15 is 0 Å². The molecule has 14 heavy (non-hydrogen) atoms. The summed E-state index contributed by atoms with van der Waals surface area (Å²) in [5.41, 5.74) is 0.426. The predicted octanol–water partition coefficient (Wildman–Crippen LogP) is 3.67. The van der Waals surface area contributed by atoms with Gasteiger partial charge < -0.3 is 5.32 Å². The second-order valence-electron chi connectivity index (χ2n) is 5.59. The van der Waals surface area contributed by atoms with E-state index in [2.05, 4.69) is 39.9 Å². The first kappa shape index (κ1) is 14.2. The fourth-order valence-corrected chi connectivity index (χ4v) is 1.66. The van der Waals surface area contributed by atoms with Crippen molar-refractivity contribution in [3.05, 3.63) is 0 Å². The zero-order chi connectivity index (χ0) is 11.2. The Morgan fingerprint density at radius 3 is 2.14 bits per heavy atom. The lowest BCUT2D eigenvalue weighted by atomic mass is 9.92. The third-order valence-corrected chi connectivity index (χ3v) is 2.72. The van der Waals surface area contributed by atoms with Crippen LogP contribution >= 0.6 is 11.6 Å². The summed E-state index contributed by atoms with van der Waals surface area (Å²) in [6.45, 7) is 12.4. The number of alkyl halides is 1. The van der Waals surface area contributed by atoms with E-state index in [0.717, 1.165) is 18.8 Å². The lowest BCUT2D eigenvalue weighted by Crippen LogP contribution is -2.36. The summed E-state index contributed by atoms with van der Waals surface area (Å²) in [6.07, 6.45) is 2.29. The number of rotatable bonds is 6. The second-order valence-corrected chi connectivity index (χ2v) is 5.97. The van der Waals surface area contributed by atoms with Crippen molar-refractivity contribution in [2.24, 2.45) is 11.3 Å². The molecular formula is C12H26ClN. The monoisotopic (exact) mass is 219 g/mol. The van der Waals surface area contributed by atoms with Crippen LogP contribution in [0.15, 0.2) is 0 Å². The Morgan fingerprint density at radius 1 is 1.21 bits per heavy atom. The van der Waals surface area contributed by atoms with Crippen LogP contribution in [0.2, 0.25) is 0 Å². The average molecular weight is 220 g/mol. The van der Waals surface area contributed by atoms with Gasteiger partial charge in [0.1, 0.15) is 0 Å². The maximum Gasteiger partial charge on any atom is 0.0238 e. The molecule has 0 aliphatic rings. The van der Waals surface area contributed by atoms with Gasteiger partial charge in [-0.3, -0.25) is 0 Å². The van der Waals surface area contributed by atoms with Crippen LogP contribution in [0.4, 0.5) is 0 Å². The smallest absolute Gasteiger partial charge is 0.0238 e. The minimum absolute atomic E-state index is 0.426. The van der Waals surface area contributed by atoms with Gasteiger partial charge in [0.15, 0.2) is 0 Å². The van der Waals surface area contributed by atoms with Gasteiger partial charge in [-0.05, 0) is 30.7 Å². The fraction of sp³-hybridized carbons (Fsp3) is 1.00. The van der Waals surface area contributed by atoms with Crippen molar-refractivity contribution < 1.29 is 0 Å². The van der Waals surface area contributed by atoms with Crippen LogP contribution in [0.3, 0.4) is 0 Å². The molecule has 86 valence electrons. The second kappa shape index (κ2) is 6.68. The van der Waals surface area contributed by atoms with Crippen LogP contribution in [-0.4, -0.2) is 18.5 Å². The molecule has 0 aromatic carbocycles. The highest BCUT2D eigenvalue weighted by atomic mass is 35.5. The fourth-order valence-electron chi connectivity index (χ4n) is 1.42. The molecule has 1 unspecified atom stereocenters. The molecule has 0 rings (SSSR count). The lowest BCUT2D eigenvalue weighted by Gasteiger charge is -2.24. The Bertz CT molecular complexity index is 138. The highest BCUT2D eigenvalue weighted by Gasteiger charge is 2.14. The van der Waals surface area contributed by atoms with Gasteiger partial charge in [-0.25, -0.2) is 0 Å². The molecular weight excluding hydrogens is 194 g/mol. The quantitative estimate of drug-likeness (QED) is 0.673. The van der Waals surface area contributed by atoms with E-state index in [1.165, 1.54) is 6.42 Å². The van der Waals surface area contributed by atoms with E-state index in [9.17, 15) is 0 Å². The van der Waals surface area contributed by atoms with Crippen molar-refractivity contribution in [2.45, 2.75) is 53.5 Å².